The minimum Gasteiger partial charge on any atom is -0.393 e. The molecular formula is C18H24FNO2. The zero-order chi connectivity index (χ0) is 15.7. The van der Waals surface area contributed by atoms with Gasteiger partial charge in [0.1, 0.15) is 5.82 Å². The summed E-state index contributed by atoms with van der Waals surface area (Å²) >= 11 is 0. The van der Waals surface area contributed by atoms with Crippen molar-refractivity contribution >= 4 is 5.91 Å². The first kappa shape index (κ1) is 15.5. The average molecular weight is 305 g/mol. The lowest BCUT2D eigenvalue weighted by atomic mass is 9.86. The lowest BCUT2D eigenvalue weighted by molar-refractivity contribution is -0.132. The topological polar surface area (TPSA) is 40.5 Å². The Bertz CT molecular complexity index is 530. The molecule has 3 rings (SSSR count). The summed E-state index contributed by atoms with van der Waals surface area (Å²) in [6.45, 7) is 0.645. The number of hydrogen-bond acceptors (Lipinski definition) is 2. The fraction of sp³-hybridized carbons (Fsp3) is 0.611. The number of amides is 1. The standard InChI is InChI=1S/C18H24FNO2/c1-20(11-13-4-2-3-5-17(13)21)18(22)16-10-15(16)12-6-8-14(19)9-7-12/h6-9,13,15-17,21H,2-5,10-11H2,1H3. The van der Waals surface area contributed by atoms with Gasteiger partial charge in [0, 0.05) is 25.4 Å². The van der Waals surface area contributed by atoms with Crippen molar-refractivity contribution in [1.82, 2.24) is 4.90 Å². The van der Waals surface area contributed by atoms with Gasteiger partial charge in [0.25, 0.3) is 0 Å². The highest BCUT2D eigenvalue weighted by Gasteiger charge is 2.45. The van der Waals surface area contributed by atoms with E-state index in [9.17, 15) is 14.3 Å². The first-order chi connectivity index (χ1) is 10.6. The Labute approximate surface area is 131 Å². The van der Waals surface area contributed by atoms with Crippen LogP contribution in [-0.2, 0) is 4.79 Å². The maximum Gasteiger partial charge on any atom is 0.226 e. The average Bonchev–Trinajstić information content (AvgIpc) is 3.30. The number of rotatable bonds is 4. The van der Waals surface area contributed by atoms with Crippen LogP contribution < -0.4 is 0 Å². The Morgan fingerprint density at radius 3 is 2.64 bits per heavy atom. The molecule has 2 aliphatic rings. The van der Waals surface area contributed by atoms with Crippen molar-refractivity contribution in [3.05, 3.63) is 35.6 Å². The molecule has 0 aromatic heterocycles. The zero-order valence-electron chi connectivity index (χ0n) is 13.0. The molecule has 120 valence electrons. The number of halogens is 1. The molecule has 0 radical (unpaired) electrons. The number of aliphatic hydroxyl groups excluding tert-OH is 1. The van der Waals surface area contributed by atoms with Gasteiger partial charge in [-0.05, 0) is 42.9 Å². The predicted molar refractivity (Wildman–Crippen MR) is 82.8 cm³/mol. The summed E-state index contributed by atoms with van der Waals surface area (Å²) in [5, 5.41) is 10.0. The lowest BCUT2D eigenvalue weighted by Gasteiger charge is -2.31. The van der Waals surface area contributed by atoms with Crippen LogP contribution in [0.4, 0.5) is 4.39 Å². The summed E-state index contributed by atoms with van der Waals surface area (Å²) in [4.78, 5) is 14.3. The summed E-state index contributed by atoms with van der Waals surface area (Å²) < 4.78 is 13.0. The van der Waals surface area contributed by atoms with Gasteiger partial charge in [-0.25, -0.2) is 4.39 Å². The van der Waals surface area contributed by atoms with Crippen molar-refractivity contribution in [3.63, 3.8) is 0 Å². The Hall–Kier alpha value is -1.42. The largest absolute Gasteiger partial charge is 0.393 e. The van der Waals surface area contributed by atoms with Crippen molar-refractivity contribution in [2.24, 2.45) is 11.8 Å². The fourth-order valence-electron chi connectivity index (χ4n) is 3.67. The molecule has 1 aromatic carbocycles. The highest BCUT2D eigenvalue weighted by Crippen LogP contribution is 2.48. The third-order valence-corrected chi connectivity index (χ3v) is 5.16. The summed E-state index contributed by atoms with van der Waals surface area (Å²) in [5.74, 6) is 0.386. The first-order valence-electron chi connectivity index (χ1n) is 8.24. The Morgan fingerprint density at radius 2 is 1.95 bits per heavy atom. The second-order valence-corrected chi connectivity index (χ2v) is 6.83. The normalized spacial score (nSPS) is 30.9. The molecule has 1 aromatic rings. The lowest BCUT2D eigenvalue weighted by Crippen LogP contribution is -2.38. The Morgan fingerprint density at radius 1 is 1.27 bits per heavy atom. The third-order valence-electron chi connectivity index (χ3n) is 5.16. The van der Waals surface area contributed by atoms with E-state index in [0.717, 1.165) is 37.7 Å². The number of benzene rings is 1. The van der Waals surface area contributed by atoms with E-state index in [4.69, 9.17) is 0 Å². The number of carbonyl (C=O) groups is 1. The molecule has 2 aliphatic carbocycles. The summed E-state index contributed by atoms with van der Waals surface area (Å²) in [5.41, 5.74) is 1.05. The highest BCUT2D eigenvalue weighted by molar-refractivity contribution is 5.82. The molecule has 0 bridgehead atoms. The van der Waals surface area contributed by atoms with Gasteiger partial charge in [0.2, 0.25) is 5.91 Å². The van der Waals surface area contributed by atoms with Crippen molar-refractivity contribution < 1.29 is 14.3 Å². The first-order valence-corrected chi connectivity index (χ1v) is 8.24. The molecule has 4 heteroatoms. The van der Waals surface area contributed by atoms with Crippen molar-refractivity contribution in [2.45, 2.75) is 44.1 Å². The van der Waals surface area contributed by atoms with E-state index in [0.29, 0.717) is 6.54 Å². The number of carbonyl (C=O) groups excluding carboxylic acids is 1. The zero-order valence-corrected chi connectivity index (χ0v) is 13.0. The summed E-state index contributed by atoms with van der Waals surface area (Å²) in [7, 11) is 1.84. The van der Waals surface area contributed by atoms with Crippen LogP contribution >= 0.6 is 0 Å². The predicted octanol–water partition coefficient (Wildman–Crippen LogP) is 2.94. The van der Waals surface area contributed by atoms with Crippen LogP contribution in [0.15, 0.2) is 24.3 Å². The van der Waals surface area contributed by atoms with Crippen LogP contribution in [-0.4, -0.2) is 35.6 Å². The highest BCUT2D eigenvalue weighted by atomic mass is 19.1. The van der Waals surface area contributed by atoms with Crippen LogP contribution in [0.1, 0.15) is 43.6 Å². The molecule has 3 nitrogen and oxygen atoms in total. The van der Waals surface area contributed by atoms with E-state index in [-0.39, 0.29) is 35.6 Å². The van der Waals surface area contributed by atoms with Crippen LogP contribution in [0.5, 0.6) is 0 Å². The van der Waals surface area contributed by atoms with Crippen molar-refractivity contribution in [1.29, 1.82) is 0 Å². The molecule has 4 atom stereocenters. The molecule has 2 saturated carbocycles. The molecule has 0 saturated heterocycles. The molecule has 0 aliphatic heterocycles. The molecule has 0 heterocycles. The van der Waals surface area contributed by atoms with E-state index >= 15 is 0 Å². The molecule has 4 unspecified atom stereocenters. The summed E-state index contributed by atoms with van der Waals surface area (Å²) in [6, 6.07) is 6.46. The Balaban J connectivity index is 1.54. The van der Waals surface area contributed by atoms with Gasteiger partial charge in [-0.1, -0.05) is 25.0 Å². The quantitative estimate of drug-likeness (QED) is 0.929. The SMILES string of the molecule is CN(CC1CCCCC1O)C(=O)C1CC1c1ccc(F)cc1. The van der Waals surface area contributed by atoms with Crippen molar-refractivity contribution in [3.8, 4) is 0 Å². The maximum absolute atomic E-state index is 13.0. The van der Waals surface area contributed by atoms with Gasteiger partial charge >= 0.3 is 0 Å². The van der Waals surface area contributed by atoms with E-state index < -0.39 is 0 Å². The fourth-order valence-corrected chi connectivity index (χ4v) is 3.67. The van der Waals surface area contributed by atoms with E-state index in [1.165, 1.54) is 12.1 Å². The second kappa shape index (κ2) is 6.37. The van der Waals surface area contributed by atoms with Crippen LogP contribution in [0.3, 0.4) is 0 Å². The second-order valence-electron chi connectivity index (χ2n) is 6.83. The number of aliphatic hydroxyl groups is 1. The monoisotopic (exact) mass is 305 g/mol. The van der Waals surface area contributed by atoms with Gasteiger partial charge in [-0.3, -0.25) is 4.79 Å². The molecule has 22 heavy (non-hydrogen) atoms. The minimum absolute atomic E-state index is 0.0243. The van der Waals surface area contributed by atoms with Gasteiger partial charge < -0.3 is 10.0 Å². The van der Waals surface area contributed by atoms with Crippen LogP contribution in [0.25, 0.3) is 0 Å². The third kappa shape index (κ3) is 3.32. The molecular weight excluding hydrogens is 281 g/mol. The van der Waals surface area contributed by atoms with Gasteiger partial charge in [-0.2, -0.15) is 0 Å². The number of hydrogen-bond donors (Lipinski definition) is 1. The van der Waals surface area contributed by atoms with E-state index in [1.807, 2.05) is 7.05 Å². The number of nitrogens with zero attached hydrogens (tertiary/aromatic N) is 1. The minimum atomic E-state index is -0.268. The van der Waals surface area contributed by atoms with Crippen molar-refractivity contribution in [2.75, 3.05) is 13.6 Å². The van der Waals surface area contributed by atoms with Gasteiger partial charge in [-0.15, -0.1) is 0 Å². The van der Waals surface area contributed by atoms with E-state index in [2.05, 4.69) is 0 Å². The van der Waals surface area contributed by atoms with Gasteiger partial charge in [0.05, 0.1) is 6.10 Å². The molecule has 0 spiro atoms. The Kier molecular flexibility index (Phi) is 4.48. The van der Waals surface area contributed by atoms with Crippen LogP contribution in [0, 0.1) is 17.7 Å². The summed E-state index contributed by atoms with van der Waals surface area (Å²) in [6.07, 6.45) is 4.67. The van der Waals surface area contributed by atoms with E-state index in [1.54, 1.807) is 17.0 Å². The van der Waals surface area contributed by atoms with Gasteiger partial charge in [0.15, 0.2) is 0 Å². The molecule has 1 N–H and O–H groups in total. The molecule has 1 amide bonds. The molecule has 2 fully saturated rings. The smallest absolute Gasteiger partial charge is 0.226 e. The van der Waals surface area contributed by atoms with Crippen LogP contribution in [0.2, 0.25) is 0 Å². The maximum atomic E-state index is 13.0.